The van der Waals surface area contributed by atoms with Gasteiger partial charge >= 0.3 is 0 Å². The maximum Gasteiger partial charge on any atom is 0.266 e. The van der Waals surface area contributed by atoms with E-state index in [0.29, 0.717) is 17.1 Å². The summed E-state index contributed by atoms with van der Waals surface area (Å²) in [5.74, 6) is -2.29. The van der Waals surface area contributed by atoms with Crippen molar-refractivity contribution in [3.8, 4) is 5.75 Å². The first-order valence-electron chi connectivity index (χ1n) is 9.86. The van der Waals surface area contributed by atoms with Crippen LogP contribution in [0.25, 0.3) is 0 Å². The number of carbonyl (C=O) groups is 5. The summed E-state index contributed by atoms with van der Waals surface area (Å²) in [6.07, 6.45) is 0. The van der Waals surface area contributed by atoms with E-state index in [1.165, 1.54) is 43.5 Å². The van der Waals surface area contributed by atoms with Gasteiger partial charge in [0.15, 0.2) is 0 Å². The molecule has 2 heterocycles. The lowest BCUT2D eigenvalue weighted by Crippen LogP contribution is -2.29. The zero-order chi connectivity index (χ0) is 23.3. The second kappa shape index (κ2) is 7.41. The molecule has 3 aromatic rings. The van der Waals surface area contributed by atoms with E-state index in [4.69, 9.17) is 4.74 Å². The quantitative estimate of drug-likeness (QED) is 0.601. The summed E-state index contributed by atoms with van der Waals surface area (Å²) in [6, 6.07) is 15.2. The van der Waals surface area contributed by atoms with Gasteiger partial charge in [-0.1, -0.05) is 12.1 Å². The lowest BCUT2D eigenvalue weighted by Gasteiger charge is -2.16. The van der Waals surface area contributed by atoms with Crippen LogP contribution in [0.15, 0.2) is 60.7 Å². The van der Waals surface area contributed by atoms with Gasteiger partial charge in [0.05, 0.1) is 35.1 Å². The summed E-state index contributed by atoms with van der Waals surface area (Å²) >= 11 is 0. The van der Waals surface area contributed by atoms with E-state index in [0.717, 1.165) is 4.90 Å². The molecule has 0 unspecified atom stereocenters. The van der Waals surface area contributed by atoms with Crippen molar-refractivity contribution in [2.75, 3.05) is 17.3 Å². The van der Waals surface area contributed by atoms with Crippen molar-refractivity contribution in [1.29, 1.82) is 0 Å². The van der Waals surface area contributed by atoms with Gasteiger partial charge in [0.25, 0.3) is 29.5 Å². The highest BCUT2D eigenvalue weighted by molar-refractivity contribution is 6.35. The molecule has 162 valence electrons. The number of hydrogen-bond donors (Lipinski definition) is 2. The number of benzene rings is 3. The minimum absolute atomic E-state index is 0.0949. The van der Waals surface area contributed by atoms with Gasteiger partial charge in [-0.25, -0.2) is 4.90 Å². The average Bonchev–Trinajstić information content (AvgIpc) is 3.25. The van der Waals surface area contributed by atoms with Crippen molar-refractivity contribution in [2.24, 2.45) is 0 Å². The Hall–Kier alpha value is -4.79. The Morgan fingerprint density at radius 2 is 1.52 bits per heavy atom. The maximum atomic E-state index is 13.0. The Bertz CT molecular complexity index is 1410. The molecule has 0 aliphatic carbocycles. The molecule has 9 heteroatoms. The highest BCUT2D eigenvalue weighted by atomic mass is 16.5. The number of hydrogen-bond acceptors (Lipinski definition) is 6. The van der Waals surface area contributed by atoms with Crippen molar-refractivity contribution in [1.82, 2.24) is 5.32 Å². The third-order valence-corrected chi connectivity index (χ3v) is 5.47. The van der Waals surface area contributed by atoms with Crippen LogP contribution in [0.1, 0.15) is 51.8 Å². The van der Waals surface area contributed by atoms with Gasteiger partial charge in [0.1, 0.15) is 5.75 Å². The van der Waals surface area contributed by atoms with Gasteiger partial charge in [-0.2, -0.15) is 0 Å². The van der Waals surface area contributed by atoms with Crippen LogP contribution in [0.2, 0.25) is 0 Å². The number of anilines is 2. The number of imide groups is 2. The molecule has 2 aliphatic rings. The first-order chi connectivity index (χ1) is 15.9. The van der Waals surface area contributed by atoms with Crippen LogP contribution in [0.4, 0.5) is 11.4 Å². The van der Waals surface area contributed by atoms with E-state index < -0.39 is 29.5 Å². The molecule has 0 saturated carbocycles. The van der Waals surface area contributed by atoms with Crippen LogP contribution in [-0.2, 0) is 0 Å². The molecule has 9 nitrogen and oxygen atoms in total. The third kappa shape index (κ3) is 3.14. The van der Waals surface area contributed by atoms with Crippen LogP contribution in [0, 0.1) is 0 Å². The Morgan fingerprint density at radius 1 is 0.818 bits per heavy atom. The first-order valence-corrected chi connectivity index (χ1v) is 9.86. The minimum Gasteiger partial charge on any atom is -0.495 e. The fourth-order valence-corrected chi connectivity index (χ4v) is 3.86. The summed E-state index contributed by atoms with van der Waals surface area (Å²) in [7, 11) is 1.44. The predicted molar refractivity (Wildman–Crippen MR) is 117 cm³/mol. The molecular weight excluding hydrogens is 426 g/mol. The average molecular weight is 441 g/mol. The van der Waals surface area contributed by atoms with E-state index in [1.54, 1.807) is 24.3 Å². The smallest absolute Gasteiger partial charge is 0.266 e. The monoisotopic (exact) mass is 441 g/mol. The van der Waals surface area contributed by atoms with Gasteiger partial charge in [0, 0.05) is 11.3 Å². The number of nitrogens with zero attached hydrogens (tertiary/aromatic N) is 1. The highest BCUT2D eigenvalue weighted by Crippen LogP contribution is 2.35. The van der Waals surface area contributed by atoms with E-state index in [9.17, 15) is 24.0 Å². The topological polar surface area (TPSA) is 122 Å². The number of carbonyl (C=O) groups excluding carboxylic acids is 5. The lowest BCUT2D eigenvalue weighted by molar-refractivity contribution is 0.0874. The van der Waals surface area contributed by atoms with Gasteiger partial charge in [-0.3, -0.25) is 29.3 Å². The van der Waals surface area contributed by atoms with E-state index in [-0.39, 0.29) is 27.8 Å². The minimum atomic E-state index is -0.568. The lowest BCUT2D eigenvalue weighted by atomic mass is 10.0. The Morgan fingerprint density at radius 3 is 2.30 bits per heavy atom. The Labute approximate surface area is 187 Å². The van der Waals surface area contributed by atoms with Gasteiger partial charge in [-0.05, 0) is 48.5 Å². The molecule has 5 rings (SSSR count). The van der Waals surface area contributed by atoms with Crippen LogP contribution in [0.5, 0.6) is 5.75 Å². The number of rotatable bonds is 4. The third-order valence-electron chi connectivity index (χ3n) is 5.47. The van der Waals surface area contributed by atoms with Gasteiger partial charge in [0.2, 0.25) is 0 Å². The molecule has 33 heavy (non-hydrogen) atoms. The van der Waals surface area contributed by atoms with Gasteiger partial charge < -0.3 is 10.1 Å². The summed E-state index contributed by atoms with van der Waals surface area (Å²) < 4.78 is 5.27. The second-order valence-electron chi connectivity index (χ2n) is 7.38. The van der Waals surface area contributed by atoms with Crippen LogP contribution in [0.3, 0.4) is 0 Å². The van der Waals surface area contributed by atoms with Crippen molar-refractivity contribution < 1.29 is 28.7 Å². The second-order valence-corrected chi connectivity index (χ2v) is 7.38. The number of methoxy groups -OCH3 is 1. The van der Waals surface area contributed by atoms with E-state index >= 15 is 0 Å². The summed E-state index contributed by atoms with van der Waals surface area (Å²) in [6.45, 7) is 0. The van der Waals surface area contributed by atoms with Crippen LogP contribution in [-0.4, -0.2) is 36.6 Å². The number of para-hydroxylation sites is 2. The SMILES string of the molecule is COc1ccccc1N1C(=O)c2ccc(C(=O)Nc3ccc4c(c3)C(=O)NC4=O)cc2C1=O. The molecule has 0 fully saturated rings. The van der Waals surface area contributed by atoms with E-state index in [2.05, 4.69) is 10.6 Å². The van der Waals surface area contributed by atoms with Crippen molar-refractivity contribution in [2.45, 2.75) is 0 Å². The standard InChI is InChI=1S/C24H15N3O6/c1-33-19-5-3-2-4-18(19)27-23(31)15-8-6-12(10-17(15)24(27)32)20(28)25-13-7-9-14-16(11-13)22(30)26-21(14)29/h2-11H,1H3,(H,25,28)(H,26,29,30). The Balaban J connectivity index is 1.43. The highest BCUT2D eigenvalue weighted by Gasteiger charge is 2.38. The zero-order valence-electron chi connectivity index (χ0n) is 17.2. The molecule has 2 N–H and O–H groups in total. The summed E-state index contributed by atoms with van der Waals surface area (Å²) in [4.78, 5) is 63.3. The normalized spacial score (nSPS) is 14.2. The van der Waals surface area contributed by atoms with Crippen molar-refractivity contribution in [3.05, 3.63) is 88.5 Å². The van der Waals surface area contributed by atoms with E-state index in [1.807, 2.05) is 0 Å². The molecule has 0 spiro atoms. The number of amides is 5. The number of nitrogens with one attached hydrogen (secondary N) is 2. The molecule has 3 aromatic carbocycles. The molecule has 0 atom stereocenters. The molecule has 0 radical (unpaired) electrons. The first kappa shape index (κ1) is 20.1. The Kier molecular flexibility index (Phi) is 4.52. The molecule has 5 amide bonds. The molecule has 0 saturated heterocycles. The van der Waals surface area contributed by atoms with Gasteiger partial charge in [-0.15, -0.1) is 0 Å². The summed E-state index contributed by atoms with van der Waals surface area (Å²) in [5, 5.41) is 4.83. The van der Waals surface area contributed by atoms with Crippen molar-refractivity contribution in [3.63, 3.8) is 0 Å². The fraction of sp³-hybridized carbons (Fsp3) is 0.0417. The molecule has 0 aromatic heterocycles. The zero-order valence-corrected chi connectivity index (χ0v) is 17.2. The van der Waals surface area contributed by atoms with Crippen LogP contribution >= 0.6 is 0 Å². The maximum absolute atomic E-state index is 13.0. The summed E-state index contributed by atoms with van der Waals surface area (Å²) in [5.41, 5.74) is 1.44. The fourth-order valence-electron chi connectivity index (χ4n) is 3.86. The van der Waals surface area contributed by atoms with Crippen LogP contribution < -0.4 is 20.3 Å². The molecule has 2 aliphatic heterocycles. The van der Waals surface area contributed by atoms with Crippen molar-refractivity contribution >= 4 is 40.9 Å². The largest absolute Gasteiger partial charge is 0.495 e. The molecule has 0 bridgehead atoms. The number of ether oxygens (including phenoxy) is 1. The number of fused-ring (bicyclic) bond motifs is 2. The predicted octanol–water partition coefficient (Wildman–Crippen LogP) is 2.63. The molecular formula is C24H15N3O6.